The van der Waals surface area contributed by atoms with E-state index in [-0.39, 0.29) is 11.4 Å². The van der Waals surface area contributed by atoms with Gasteiger partial charge in [0.1, 0.15) is 0 Å². The summed E-state index contributed by atoms with van der Waals surface area (Å²) in [4.78, 5) is 0.261. The molecule has 0 radical (unpaired) electrons. The molecule has 0 bridgehead atoms. The van der Waals surface area contributed by atoms with Gasteiger partial charge in [-0.3, -0.25) is 4.31 Å². The van der Waals surface area contributed by atoms with Crippen molar-refractivity contribution in [3.8, 4) is 0 Å². The van der Waals surface area contributed by atoms with E-state index in [0.29, 0.717) is 12.1 Å². The lowest BCUT2D eigenvalue weighted by Crippen LogP contribution is -2.32. The first-order valence-electron chi connectivity index (χ1n) is 9.59. The van der Waals surface area contributed by atoms with E-state index in [1.165, 1.54) is 4.31 Å². The fourth-order valence-electron chi connectivity index (χ4n) is 3.18. The van der Waals surface area contributed by atoms with Crippen LogP contribution in [0.2, 0.25) is 0 Å². The minimum absolute atomic E-state index is 0.261. The maximum atomic E-state index is 13.6. The van der Waals surface area contributed by atoms with Crippen molar-refractivity contribution in [2.24, 2.45) is 0 Å². The minimum atomic E-state index is -3.77. The van der Waals surface area contributed by atoms with Crippen LogP contribution in [-0.2, 0) is 10.0 Å². The Kier molecular flexibility index (Phi) is 6.95. The van der Waals surface area contributed by atoms with Gasteiger partial charge in [-0.1, -0.05) is 76.6 Å². The third-order valence-electron chi connectivity index (χ3n) is 4.82. The summed E-state index contributed by atoms with van der Waals surface area (Å²) in [6, 6.07) is 22.3. The van der Waals surface area contributed by atoms with Crippen LogP contribution in [0, 0.1) is 6.92 Å². The van der Waals surface area contributed by atoms with Crippen LogP contribution in [0.4, 0.5) is 5.69 Å². The van der Waals surface area contributed by atoms with Crippen LogP contribution in [0.25, 0.3) is 5.57 Å². The molecule has 0 spiro atoms. The summed E-state index contributed by atoms with van der Waals surface area (Å²) in [5.74, 6) is 0. The first-order valence-corrected chi connectivity index (χ1v) is 11.8. The first-order chi connectivity index (χ1) is 14.3. The smallest absolute Gasteiger partial charge is 0.264 e. The molecule has 0 unspecified atom stereocenters. The van der Waals surface area contributed by atoms with Crippen molar-refractivity contribution in [2.45, 2.75) is 18.2 Å². The van der Waals surface area contributed by atoms with Crippen molar-refractivity contribution >= 4 is 37.2 Å². The van der Waals surface area contributed by atoms with Crippen LogP contribution in [0.5, 0.6) is 0 Å². The van der Waals surface area contributed by atoms with Crippen LogP contribution < -0.4 is 4.31 Å². The quantitative estimate of drug-likeness (QED) is 0.340. The Morgan fingerprint density at radius 2 is 1.70 bits per heavy atom. The van der Waals surface area contributed by atoms with Gasteiger partial charge < -0.3 is 0 Å². The molecule has 0 aromatic heterocycles. The third-order valence-corrected chi connectivity index (χ3v) is 7.14. The molecule has 0 aliphatic rings. The molecule has 3 aromatic carbocycles. The highest BCUT2D eigenvalue weighted by molar-refractivity contribution is 9.10. The van der Waals surface area contributed by atoms with E-state index in [1.807, 2.05) is 67.6 Å². The molecule has 3 rings (SSSR count). The molecular formula is C25H24BrNO2S. The summed E-state index contributed by atoms with van der Waals surface area (Å²) in [6.45, 7) is 10.3. The van der Waals surface area contributed by atoms with Crippen molar-refractivity contribution < 1.29 is 8.42 Å². The zero-order valence-corrected chi connectivity index (χ0v) is 19.3. The van der Waals surface area contributed by atoms with Crippen molar-refractivity contribution in [2.75, 3.05) is 10.8 Å². The molecule has 154 valence electrons. The van der Waals surface area contributed by atoms with Gasteiger partial charge in [-0.2, -0.15) is 0 Å². The average molecular weight is 482 g/mol. The number of aryl methyl sites for hydroxylation is 1. The molecule has 0 N–H and O–H groups in total. The summed E-state index contributed by atoms with van der Waals surface area (Å²) in [5.41, 5.74) is 4.06. The van der Waals surface area contributed by atoms with E-state index >= 15 is 0 Å². The lowest BCUT2D eigenvalue weighted by molar-refractivity contribution is 0.591. The highest BCUT2D eigenvalue weighted by Crippen LogP contribution is 2.36. The fraction of sp³-hybridized carbons (Fsp3) is 0.120. The predicted octanol–water partition coefficient (Wildman–Crippen LogP) is 6.59. The van der Waals surface area contributed by atoms with E-state index in [4.69, 9.17) is 0 Å². The zero-order valence-electron chi connectivity index (χ0n) is 16.9. The average Bonchev–Trinajstić information content (AvgIpc) is 2.75. The highest BCUT2D eigenvalue weighted by atomic mass is 79.9. The molecule has 0 heterocycles. The summed E-state index contributed by atoms with van der Waals surface area (Å²) in [7, 11) is -3.77. The fourth-order valence-corrected chi connectivity index (χ4v) is 5.04. The number of sulfonamides is 1. The maximum Gasteiger partial charge on any atom is 0.264 e. The predicted molar refractivity (Wildman–Crippen MR) is 129 cm³/mol. The lowest BCUT2D eigenvalue weighted by atomic mass is 9.98. The number of rotatable bonds is 8. The largest absolute Gasteiger partial charge is 0.265 e. The molecule has 0 saturated heterocycles. The van der Waals surface area contributed by atoms with Gasteiger partial charge in [-0.15, -0.1) is 6.58 Å². The Morgan fingerprint density at radius 1 is 1.03 bits per heavy atom. The van der Waals surface area contributed by atoms with Crippen molar-refractivity contribution in [3.05, 3.63) is 113 Å². The number of hydrogen-bond donors (Lipinski definition) is 0. The number of anilines is 1. The van der Waals surface area contributed by atoms with E-state index in [0.717, 1.165) is 26.7 Å². The molecule has 0 amide bonds. The third kappa shape index (κ3) is 4.74. The molecule has 3 nitrogen and oxygen atoms in total. The molecule has 5 heteroatoms. The molecule has 30 heavy (non-hydrogen) atoms. The van der Waals surface area contributed by atoms with Gasteiger partial charge in [-0.05, 0) is 54.8 Å². The number of halogens is 1. The number of nitrogens with zero attached hydrogens (tertiary/aromatic N) is 1. The molecule has 3 aromatic rings. The summed E-state index contributed by atoms with van der Waals surface area (Å²) in [6.07, 6.45) is 2.25. The second kappa shape index (κ2) is 9.45. The Morgan fingerprint density at radius 3 is 2.33 bits per heavy atom. The molecular weight excluding hydrogens is 458 g/mol. The lowest BCUT2D eigenvalue weighted by Gasteiger charge is -2.27. The number of hydrogen-bond acceptors (Lipinski definition) is 2. The van der Waals surface area contributed by atoms with Crippen LogP contribution in [-0.4, -0.2) is 15.0 Å². The van der Waals surface area contributed by atoms with Gasteiger partial charge in [0.15, 0.2) is 0 Å². The monoisotopic (exact) mass is 481 g/mol. The second-order valence-electron chi connectivity index (χ2n) is 6.97. The highest BCUT2D eigenvalue weighted by Gasteiger charge is 2.27. The summed E-state index contributed by atoms with van der Waals surface area (Å²) < 4.78 is 29.5. The molecule has 0 atom stereocenters. The van der Waals surface area contributed by atoms with Crippen LogP contribution >= 0.6 is 15.9 Å². The minimum Gasteiger partial charge on any atom is -0.265 e. The van der Waals surface area contributed by atoms with Crippen molar-refractivity contribution in [3.63, 3.8) is 0 Å². The molecule has 0 aliphatic carbocycles. The van der Waals surface area contributed by atoms with E-state index in [9.17, 15) is 8.42 Å². The Bertz CT molecular complexity index is 1150. The topological polar surface area (TPSA) is 37.4 Å². The summed E-state index contributed by atoms with van der Waals surface area (Å²) >= 11 is 3.52. The van der Waals surface area contributed by atoms with Crippen molar-refractivity contribution in [1.29, 1.82) is 0 Å². The standard InChI is InChI=1S/C25H24BrNO2S/c1-4-5-17-27(30(28,29)23-14-11-19(2)12-15-23)25-16-13-22(26)18-24(25)20(3)21-9-7-6-8-10-21/h4,6-16,18H,1,3,5,17H2,2H3. The van der Waals surface area contributed by atoms with Crippen LogP contribution in [0.1, 0.15) is 23.1 Å². The zero-order chi connectivity index (χ0) is 21.7. The van der Waals surface area contributed by atoms with Gasteiger partial charge in [0.2, 0.25) is 0 Å². The first kappa shape index (κ1) is 22.1. The van der Waals surface area contributed by atoms with E-state index < -0.39 is 10.0 Å². The Hall–Kier alpha value is -2.63. The van der Waals surface area contributed by atoms with E-state index in [1.54, 1.807) is 18.2 Å². The van der Waals surface area contributed by atoms with E-state index in [2.05, 4.69) is 29.1 Å². The second-order valence-corrected chi connectivity index (χ2v) is 9.75. The van der Waals surface area contributed by atoms with Gasteiger partial charge in [-0.25, -0.2) is 8.42 Å². The van der Waals surface area contributed by atoms with Gasteiger partial charge in [0.05, 0.1) is 10.6 Å². The van der Waals surface area contributed by atoms with Crippen LogP contribution in [0.3, 0.4) is 0 Å². The number of benzene rings is 3. The normalized spacial score (nSPS) is 11.1. The summed E-state index contributed by atoms with van der Waals surface area (Å²) in [5, 5.41) is 0. The van der Waals surface area contributed by atoms with Gasteiger partial charge in [0.25, 0.3) is 10.0 Å². The Labute approximate surface area is 187 Å². The SMILES string of the molecule is C=CCCN(c1ccc(Br)cc1C(=C)c1ccccc1)S(=O)(=O)c1ccc(C)cc1. The van der Waals surface area contributed by atoms with Crippen molar-refractivity contribution in [1.82, 2.24) is 0 Å². The van der Waals surface area contributed by atoms with Gasteiger partial charge >= 0.3 is 0 Å². The molecule has 0 saturated carbocycles. The molecule has 0 fully saturated rings. The Balaban J connectivity index is 2.16. The van der Waals surface area contributed by atoms with Gasteiger partial charge in [0, 0.05) is 16.6 Å². The maximum absolute atomic E-state index is 13.6. The van der Waals surface area contributed by atoms with Crippen LogP contribution in [0.15, 0.2) is 101 Å². The molecule has 0 aliphatic heterocycles.